The average molecular weight is 262 g/mol. The molecule has 102 valence electrons. The quantitative estimate of drug-likeness (QED) is 0.753. The molecule has 1 fully saturated rings. The molecule has 19 heavy (non-hydrogen) atoms. The van der Waals surface area contributed by atoms with Gasteiger partial charge in [0.2, 0.25) is 0 Å². The maximum atomic E-state index is 12.9. The lowest BCUT2D eigenvalue weighted by atomic mass is 9.85. The highest BCUT2D eigenvalue weighted by atomic mass is 19.1. The molecule has 0 N–H and O–H groups in total. The molecule has 0 amide bonds. The molecule has 0 atom stereocenters. The second kappa shape index (κ2) is 4.76. The summed E-state index contributed by atoms with van der Waals surface area (Å²) in [5.74, 6) is 1.70. The molecule has 0 unspecified atom stereocenters. The minimum Gasteiger partial charge on any atom is -0.400 e. The van der Waals surface area contributed by atoms with E-state index in [1.54, 1.807) is 12.1 Å². The van der Waals surface area contributed by atoms with Crippen LogP contribution in [-0.4, -0.2) is 18.3 Å². The van der Waals surface area contributed by atoms with Crippen LogP contribution in [-0.2, 0) is 9.31 Å². The van der Waals surface area contributed by atoms with Crippen molar-refractivity contribution in [2.45, 2.75) is 45.8 Å². The first-order chi connectivity index (χ1) is 8.71. The Hall–Kier alpha value is -1.13. The van der Waals surface area contributed by atoms with Gasteiger partial charge in [0, 0.05) is 0 Å². The normalized spacial score (nSPS) is 21.8. The fraction of sp³-hybridized carbons (Fsp3) is 0.467. The highest BCUT2D eigenvalue weighted by Crippen LogP contribution is 2.37. The van der Waals surface area contributed by atoms with E-state index in [9.17, 15) is 4.39 Å². The van der Waals surface area contributed by atoms with Crippen LogP contribution in [0.5, 0.6) is 0 Å². The second-order valence-corrected chi connectivity index (χ2v) is 5.98. The van der Waals surface area contributed by atoms with Crippen molar-refractivity contribution in [2.75, 3.05) is 0 Å². The fourth-order valence-corrected chi connectivity index (χ4v) is 1.97. The molecule has 0 aromatic heterocycles. The molecule has 4 heteroatoms. The van der Waals surface area contributed by atoms with Crippen molar-refractivity contribution < 1.29 is 13.7 Å². The number of halogens is 1. The van der Waals surface area contributed by atoms with Gasteiger partial charge in [0.05, 0.1) is 11.2 Å². The van der Waals surface area contributed by atoms with E-state index in [0.717, 1.165) is 11.1 Å². The summed E-state index contributed by atoms with van der Waals surface area (Å²) in [4.78, 5) is 0. The molecule has 0 saturated carbocycles. The Morgan fingerprint density at radius 1 is 1.05 bits per heavy atom. The van der Waals surface area contributed by atoms with E-state index in [1.807, 2.05) is 40.6 Å². The number of allylic oxidation sites excluding steroid dienone is 1. The van der Waals surface area contributed by atoms with Gasteiger partial charge in [-0.05, 0) is 52.3 Å². The molecule has 1 aliphatic heterocycles. The van der Waals surface area contributed by atoms with Crippen molar-refractivity contribution in [1.29, 1.82) is 0 Å². The van der Waals surface area contributed by atoms with Crippen molar-refractivity contribution in [3.8, 4) is 0 Å². The Morgan fingerprint density at radius 3 is 2.00 bits per heavy atom. The van der Waals surface area contributed by atoms with Crippen LogP contribution in [0.2, 0.25) is 0 Å². The van der Waals surface area contributed by atoms with E-state index in [0.29, 0.717) is 0 Å². The summed E-state index contributed by atoms with van der Waals surface area (Å²) in [6.07, 6.45) is 0. The molecule has 1 saturated heterocycles. The van der Waals surface area contributed by atoms with Crippen molar-refractivity contribution in [2.24, 2.45) is 0 Å². The Bertz CT molecular complexity index is 475. The van der Waals surface area contributed by atoms with E-state index in [1.165, 1.54) is 12.1 Å². The van der Waals surface area contributed by atoms with E-state index < -0.39 is 0 Å². The SMILES string of the molecule is C/C(=C/B1OC(C)(C)C(C)(C)O1)c1ccc(F)cc1. The molecule has 2 rings (SSSR count). The van der Waals surface area contributed by atoms with Gasteiger partial charge in [-0.1, -0.05) is 23.7 Å². The van der Waals surface area contributed by atoms with Gasteiger partial charge in [-0.25, -0.2) is 4.39 Å². The zero-order valence-electron chi connectivity index (χ0n) is 12.2. The van der Waals surface area contributed by atoms with E-state index in [-0.39, 0.29) is 24.1 Å². The first-order valence-electron chi connectivity index (χ1n) is 6.51. The molecule has 0 spiro atoms. The van der Waals surface area contributed by atoms with Crippen molar-refractivity contribution in [3.63, 3.8) is 0 Å². The topological polar surface area (TPSA) is 18.5 Å². The minimum atomic E-state index is -0.366. The summed E-state index contributed by atoms with van der Waals surface area (Å²) in [5, 5.41) is 0. The maximum absolute atomic E-state index is 12.9. The van der Waals surface area contributed by atoms with Gasteiger partial charge in [-0.15, -0.1) is 0 Å². The molecule has 0 aliphatic carbocycles. The first-order valence-corrected chi connectivity index (χ1v) is 6.51. The van der Waals surface area contributed by atoms with Gasteiger partial charge < -0.3 is 9.31 Å². The molecule has 0 radical (unpaired) electrons. The first kappa shape index (κ1) is 14.3. The third-order valence-corrected chi connectivity index (χ3v) is 3.96. The Morgan fingerprint density at radius 2 is 1.53 bits per heavy atom. The third-order valence-electron chi connectivity index (χ3n) is 3.96. The zero-order chi connectivity index (χ0) is 14.3. The molecular formula is C15H20BFO2. The largest absolute Gasteiger partial charge is 0.487 e. The van der Waals surface area contributed by atoms with Crippen LogP contribution < -0.4 is 0 Å². The van der Waals surface area contributed by atoms with Crippen molar-refractivity contribution in [1.82, 2.24) is 0 Å². The highest BCUT2D eigenvalue weighted by molar-refractivity contribution is 6.53. The Kier molecular flexibility index (Phi) is 3.58. The molecular weight excluding hydrogens is 242 g/mol. The van der Waals surface area contributed by atoms with Crippen LogP contribution in [0.1, 0.15) is 40.2 Å². The van der Waals surface area contributed by atoms with Crippen LogP contribution in [0.3, 0.4) is 0 Å². The number of benzene rings is 1. The Balaban J connectivity index is 2.17. The van der Waals surface area contributed by atoms with Crippen LogP contribution in [0, 0.1) is 5.82 Å². The van der Waals surface area contributed by atoms with Gasteiger partial charge in [0.1, 0.15) is 5.82 Å². The monoisotopic (exact) mass is 262 g/mol. The van der Waals surface area contributed by atoms with Crippen LogP contribution in [0.15, 0.2) is 30.2 Å². The van der Waals surface area contributed by atoms with Crippen molar-refractivity contribution in [3.05, 3.63) is 41.6 Å². The standard InChI is InChI=1S/C15H20BFO2/c1-11(12-6-8-13(17)9-7-12)10-16-18-14(2,3)15(4,5)19-16/h6-10H,1-5H3/b11-10-. The van der Waals surface area contributed by atoms with Gasteiger partial charge in [-0.2, -0.15) is 0 Å². The third kappa shape index (κ3) is 2.90. The van der Waals surface area contributed by atoms with Gasteiger partial charge in [0.25, 0.3) is 0 Å². The average Bonchev–Trinajstić information content (AvgIpc) is 2.47. The summed E-state index contributed by atoms with van der Waals surface area (Å²) < 4.78 is 24.7. The minimum absolute atomic E-state index is 0.229. The molecule has 1 aromatic rings. The molecule has 1 aliphatic rings. The number of hydrogen-bond acceptors (Lipinski definition) is 2. The van der Waals surface area contributed by atoms with Crippen molar-refractivity contribution >= 4 is 12.7 Å². The highest BCUT2D eigenvalue weighted by Gasteiger charge is 2.50. The molecule has 1 aromatic carbocycles. The summed E-state index contributed by atoms with van der Waals surface area (Å²) in [5.41, 5.74) is 1.31. The maximum Gasteiger partial charge on any atom is 0.487 e. The fourth-order valence-electron chi connectivity index (χ4n) is 1.97. The van der Waals surface area contributed by atoms with E-state index >= 15 is 0 Å². The summed E-state index contributed by atoms with van der Waals surface area (Å²) >= 11 is 0. The van der Waals surface area contributed by atoms with E-state index in [4.69, 9.17) is 9.31 Å². The second-order valence-electron chi connectivity index (χ2n) is 5.98. The zero-order valence-corrected chi connectivity index (χ0v) is 12.2. The van der Waals surface area contributed by atoms with Gasteiger partial charge >= 0.3 is 7.12 Å². The lowest BCUT2D eigenvalue weighted by Crippen LogP contribution is -2.41. The summed E-state index contributed by atoms with van der Waals surface area (Å²) in [6, 6.07) is 6.42. The molecule has 2 nitrogen and oxygen atoms in total. The van der Waals surface area contributed by atoms with Crippen LogP contribution in [0.25, 0.3) is 5.57 Å². The van der Waals surface area contributed by atoms with E-state index in [2.05, 4.69) is 0 Å². The lowest BCUT2D eigenvalue weighted by molar-refractivity contribution is 0.00578. The lowest BCUT2D eigenvalue weighted by Gasteiger charge is -2.32. The number of rotatable bonds is 2. The Labute approximate surface area is 114 Å². The predicted molar refractivity (Wildman–Crippen MR) is 76.1 cm³/mol. The summed E-state index contributed by atoms with van der Waals surface area (Å²) in [7, 11) is -0.366. The van der Waals surface area contributed by atoms with Gasteiger partial charge in [-0.3, -0.25) is 0 Å². The van der Waals surface area contributed by atoms with Crippen LogP contribution in [0.4, 0.5) is 4.39 Å². The smallest absolute Gasteiger partial charge is 0.400 e. The van der Waals surface area contributed by atoms with Crippen LogP contribution >= 0.6 is 0 Å². The van der Waals surface area contributed by atoms with Gasteiger partial charge in [0.15, 0.2) is 0 Å². The number of hydrogen-bond donors (Lipinski definition) is 0. The predicted octanol–water partition coefficient (Wildman–Crippen LogP) is 3.86. The molecule has 1 heterocycles. The summed E-state index contributed by atoms with van der Waals surface area (Å²) in [6.45, 7) is 10.1. The molecule has 0 bridgehead atoms.